The molecule has 100 valence electrons. The third-order valence-corrected chi connectivity index (χ3v) is 3.86. The van der Waals surface area contributed by atoms with E-state index in [1.165, 1.54) is 5.56 Å². The Kier molecular flexibility index (Phi) is 4.93. The van der Waals surface area contributed by atoms with E-state index in [0.29, 0.717) is 0 Å². The zero-order valence-corrected chi connectivity index (χ0v) is 13.7. The molecule has 0 heterocycles. The van der Waals surface area contributed by atoms with Crippen LogP contribution in [0.4, 0.5) is 5.69 Å². The third kappa shape index (κ3) is 3.76. The molecular weight excluding hydrogens is 373 g/mol. The van der Waals surface area contributed by atoms with Crippen molar-refractivity contribution in [3.63, 3.8) is 0 Å². The molecule has 0 bridgehead atoms. The number of aryl methyl sites for hydroxylation is 1. The lowest BCUT2D eigenvalue weighted by Gasteiger charge is -2.11. The molecule has 2 nitrogen and oxygen atoms in total. The maximum absolute atomic E-state index is 6.19. The van der Waals surface area contributed by atoms with Crippen LogP contribution >= 0.6 is 34.2 Å². The second-order valence-electron chi connectivity index (χ2n) is 4.28. The SMILES string of the molecule is COc1ccc(CNc2ccc(I)cc2Cl)cc1C. The molecule has 0 fully saturated rings. The van der Waals surface area contributed by atoms with Gasteiger partial charge in [-0.05, 0) is 64.9 Å². The summed E-state index contributed by atoms with van der Waals surface area (Å²) in [4.78, 5) is 0. The number of rotatable bonds is 4. The Morgan fingerprint density at radius 1 is 1.21 bits per heavy atom. The third-order valence-electron chi connectivity index (χ3n) is 2.87. The number of methoxy groups -OCH3 is 1. The van der Waals surface area contributed by atoms with Crippen molar-refractivity contribution in [1.29, 1.82) is 0 Å². The number of hydrogen-bond acceptors (Lipinski definition) is 2. The van der Waals surface area contributed by atoms with Crippen molar-refractivity contribution in [1.82, 2.24) is 0 Å². The maximum atomic E-state index is 6.19. The Labute approximate surface area is 132 Å². The Morgan fingerprint density at radius 2 is 2.00 bits per heavy atom. The lowest BCUT2D eigenvalue weighted by molar-refractivity contribution is 0.411. The van der Waals surface area contributed by atoms with Gasteiger partial charge in [-0.2, -0.15) is 0 Å². The Morgan fingerprint density at radius 3 is 2.63 bits per heavy atom. The molecular formula is C15H15ClINO. The van der Waals surface area contributed by atoms with Crippen LogP contribution < -0.4 is 10.1 Å². The zero-order chi connectivity index (χ0) is 13.8. The van der Waals surface area contributed by atoms with Crippen LogP contribution in [0.1, 0.15) is 11.1 Å². The minimum Gasteiger partial charge on any atom is -0.496 e. The highest BCUT2D eigenvalue weighted by atomic mass is 127. The molecule has 19 heavy (non-hydrogen) atoms. The fourth-order valence-electron chi connectivity index (χ4n) is 1.88. The molecule has 0 unspecified atom stereocenters. The van der Waals surface area contributed by atoms with Gasteiger partial charge in [0.2, 0.25) is 0 Å². The number of nitrogens with one attached hydrogen (secondary N) is 1. The average molecular weight is 388 g/mol. The molecule has 0 saturated carbocycles. The van der Waals surface area contributed by atoms with Crippen LogP contribution in [0.25, 0.3) is 0 Å². The van der Waals surface area contributed by atoms with Crippen molar-refractivity contribution in [2.75, 3.05) is 12.4 Å². The summed E-state index contributed by atoms with van der Waals surface area (Å²) in [6.45, 7) is 2.78. The average Bonchev–Trinajstić information content (AvgIpc) is 2.38. The van der Waals surface area contributed by atoms with Gasteiger partial charge in [0.25, 0.3) is 0 Å². The summed E-state index contributed by atoms with van der Waals surface area (Å²) in [6, 6.07) is 12.1. The lowest BCUT2D eigenvalue weighted by Crippen LogP contribution is -2.01. The van der Waals surface area contributed by atoms with E-state index in [-0.39, 0.29) is 0 Å². The second kappa shape index (κ2) is 6.48. The van der Waals surface area contributed by atoms with Crippen LogP contribution in [0, 0.1) is 10.5 Å². The first kappa shape index (κ1) is 14.5. The minimum atomic E-state index is 0.741. The lowest BCUT2D eigenvalue weighted by atomic mass is 10.1. The number of anilines is 1. The summed E-state index contributed by atoms with van der Waals surface area (Å²) in [7, 11) is 1.69. The quantitative estimate of drug-likeness (QED) is 0.756. The topological polar surface area (TPSA) is 21.3 Å². The van der Waals surface area contributed by atoms with E-state index in [0.717, 1.165) is 32.1 Å². The number of halogens is 2. The number of hydrogen-bond donors (Lipinski definition) is 1. The summed E-state index contributed by atoms with van der Waals surface area (Å²) in [5.74, 6) is 0.913. The summed E-state index contributed by atoms with van der Waals surface area (Å²) >= 11 is 8.44. The van der Waals surface area contributed by atoms with E-state index in [1.807, 2.05) is 31.2 Å². The van der Waals surface area contributed by atoms with Crippen molar-refractivity contribution in [3.8, 4) is 5.75 Å². The van der Waals surface area contributed by atoms with Crippen molar-refractivity contribution in [2.45, 2.75) is 13.5 Å². The van der Waals surface area contributed by atoms with Crippen LogP contribution in [0.5, 0.6) is 5.75 Å². The van der Waals surface area contributed by atoms with E-state index in [9.17, 15) is 0 Å². The molecule has 0 aliphatic heterocycles. The van der Waals surface area contributed by atoms with Crippen LogP contribution in [0.15, 0.2) is 36.4 Å². The van der Waals surface area contributed by atoms with Gasteiger partial charge >= 0.3 is 0 Å². The van der Waals surface area contributed by atoms with E-state index in [2.05, 4.69) is 40.0 Å². The highest BCUT2D eigenvalue weighted by molar-refractivity contribution is 14.1. The molecule has 0 aromatic heterocycles. The predicted octanol–water partition coefficient (Wildman–Crippen LogP) is 4.87. The first-order valence-corrected chi connectivity index (χ1v) is 7.38. The smallest absolute Gasteiger partial charge is 0.121 e. The molecule has 0 spiro atoms. The van der Waals surface area contributed by atoms with Crippen LogP contribution in [0.3, 0.4) is 0 Å². The number of benzene rings is 2. The monoisotopic (exact) mass is 387 g/mol. The summed E-state index contributed by atoms with van der Waals surface area (Å²) < 4.78 is 6.39. The maximum Gasteiger partial charge on any atom is 0.121 e. The fraction of sp³-hybridized carbons (Fsp3) is 0.200. The van der Waals surface area contributed by atoms with Crippen LogP contribution in [-0.4, -0.2) is 7.11 Å². The Bertz CT molecular complexity index is 586. The van der Waals surface area contributed by atoms with Crippen LogP contribution in [-0.2, 0) is 6.54 Å². The normalized spacial score (nSPS) is 10.3. The molecule has 1 N–H and O–H groups in total. The largest absolute Gasteiger partial charge is 0.496 e. The fourth-order valence-corrected chi connectivity index (χ4v) is 2.80. The molecule has 0 aliphatic carbocycles. The highest BCUT2D eigenvalue weighted by Gasteiger charge is 2.03. The molecule has 0 saturated heterocycles. The van der Waals surface area contributed by atoms with Gasteiger partial charge in [0.05, 0.1) is 17.8 Å². The van der Waals surface area contributed by atoms with Gasteiger partial charge in [0, 0.05) is 10.1 Å². The Balaban J connectivity index is 2.08. The highest BCUT2D eigenvalue weighted by Crippen LogP contribution is 2.25. The van der Waals surface area contributed by atoms with Gasteiger partial charge in [-0.25, -0.2) is 0 Å². The molecule has 0 amide bonds. The summed E-state index contributed by atoms with van der Waals surface area (Å²) in [6.07, 6.45) is 0. The first-order chi connectivity index (χ1) is 9.10. The standard InChI is InChI=1S/C15H15ClINO/c1-10-7-11(3-6-15(10)19-2)9-18-14-5-4-12(17)8-13(14)16/h3-8,18H,9H2,1-2H3. The number of ether oxygens (including phenoxy) is 1. The molecule has 2 rings (SSSR count). The van der Waals surface area contributed by atoms with Gasteiger partial charge in [-0.15, -0.1) is 0 Å². The van der Waals surface area contributed by atoms with Crippen molar-refractivity contribution in [2.24, 2.45) is 0 Å². The molecule has 0 radical (unpaired) electrons. The van der Waals surface area contributed by atoms with E-state index in [4.69, 9.17) is 16.3 Å². The predicted molar refractivity (Wildman–Crippen MR) is 89.2 cm³/mol. The zero-order valence-electron chi connectivity index (χ0n) is 10.8. The van der Waals surface area contributed by atoms with Crippen molar-refractivity contribution in [3.05, 3.63) is 56.1 Å². The molecule has 0 aliphatic rings. The Hall–Kier alpha value is -0.940. The van der Waals surface area contributed by atoms with Crippen molar-refractivity contribution >= 4 is 39.9 Å². The van der Waals surface area contributed by atoms with Gasteiger partial charge in [-0.1, -0.05) is 23.7 Å². The van der Waals surface area contributed by atoms with Crippen LogP contribution in [0.2, 0.25) is 5.02 Å². The van der Waals surface area contributed by atoms with Gasteiger partial charge in [0.15, 0.2) is 0 Å². The summed E-state index contributed by atoms with van der Waals surface area (Å²) in [5.41, 5.74) is 3.29. The second-order valence-corrected chi connectivity index (χ2v) is 5.93. The van der Waals surface area contributed by atoms with Gasteiger partial charge < -0.3 is 10.1 Å². The van der Waals surface area contributed by atoms with Gasteiger partial charge in [-0.3, -0.25) is 0 Å². The minimum absolute atomic E-state index is 0.741. The first-order valence-electron chi connectivity index (χ1n) is 5.92. The molecule has 2 aromatic rings. The van der Waals surface area contributed by atoms with Gasteiger partial charge in [0.1, 0.15) is 5.75 Å². The van der Waals surface area contributed by atoms with E-state index in [1.54, 1.807) is 7.11 Å². The molecule has 4 heteroatoms. The van der Waals surface area contributed by atoms with E-state index >= 15 is 0 Å². The summed E-state index contributed by atoms with van der Waals surface area (Å²) in [5, 5.41) is 4.09. The molecule has 0 atom stereocenters. The van der Waals surface area contributed by atoms with E-state index < -0.39 is 0 Å². The van der Waals surface area contributed by atoms with Crippen molar-refractivity contribution < 1.29 is 4.74 Å². The molecule has 2 aromatic carbocycles.